The average molecular weight is 370 g/mol. The predicted octanol–water partition coefficient (Wildman–Crippen LogP) is 0.871. The fourth-order valence-electron chi connectivity index (χ4n) is 2.19. The first-order valence-corrected chi connectivity index (χ1v) is 7.59. The van der Waals surface area contributed by atoms with Crippen LogP contribution in [-0.4, -0.2) is 34.0 Å². The Morgan fingerprint density at radius 1 is 1.07 bits per heavy atom. The lowest BCUT2D eigenvalue weighted by Crippen LogP contribution is -2.26. The Balaban J connectivity index is 2.23. The van der Waals surface area contributed by atoms with Crippen molar-refractivity contribution >= 4 is 35.2 Å². The van der Waals surface area contributed by atoms with Gasteiger partial charge < -0.3 is 32.7 Å². The van der Waals surface area contributed by atoms with Crippen molar-refractivity contribution in [2.75, 3.05) is 5.32 Å². The van der Waals surface area contributed by atoms with Crippen molar-refractivity contribution in [3.8, 4) is 5.75 Å². The second-order valence-corrected chi connectivity index (χ2v) is 5.50. The number of hydrogen-bond acceptors (Lipinski definition) is 4. The van der Waals surface area contributed by atoms with Crippen LogP contribution in [0.15, 0.2) is 46.4 Å². The van der Waals surface area contributed by atoms with E-state index in [0.717, 1.165) is 6.07 Å². The maximum absolute atomic E-state index is 12.4. The summed E-state index contributed by atoms with van der Waals surface area (Å²) in [5.41, 5.74) is 17.4. The van der Waals surface area contributed by atoms with Crippen LogP contribution < -0.4 is 22.5 Å². The lowest BCUT2D eigenvalue weighted by Gasteiger charge is -2.09. The Morgan fingerprint density at radius 2 is 1.78 bits per heavy atom. The summed E-state index contributed by atoms with van der Waals surface area (Å²) in [6, 6.07) is 8.41. The molecule has 10 heteroatoms. The summed E-state index contributed by atoms with van der Waals surface area (Å²) < 4.78 is 0. The predicted molar refractivity (Wildman–Crippen MR) is 101 cm³/mol. The molecule has 0 bridgehead atoms. The number of carbonyl (C=O) groups is 2. The van der Waals surface area contributed by atoms with Gasteiger partial charge in [0.15, 0.2) is 5.96 Å². The summed E-state index contributed by atoms with van der Waals surface area (Å²) in [4.78, 5) is 31.1. The van der Waals surface area contributed by atoms with Crippen LogP contribution in [0, 0.1) is 6.92 Å². The summed E-state index contributed by atoms with van der Waals surface area (Å²) >= 11 is 0. The normalized spacial score (nSPS) is 10.9. The SMILES string of the molecule is Cc1cc(C(=O)Nc2ccc(O)c(C(=O)O)c2)ccc1N=C(N)N=C(N)N. The van der Waals surface area contributed by atoms with Crippen LogP contribution in [0.25, 0.3) is 0 Å². The fourth-order valence-corrected chi connectivity index (χ4v) is 2.19. The number of nitrogens with two attached hydrogens (primary N) is 3. The van der Waals surface area contributed by atoms with Gasteiger partial charge in [-0.1, -0.05) is 0 Å². The van der Waals surface area contributed by atoms with Crippen LogP contribution >= 0.6 is 0 Å². The van der Waals surface area contributed by atoms with Crippen molar-refractivity contribution < 1.29 is 19.8 Å². The van der Waals surface area contributed by atoms with E-state index in [1.54, 1.807) is 19.1 Å². The molecule has 9 N–H and O–H groups in total. The summed E-state index contributed by atoms with van der Waals surface area (Å²) in [6.45, 7) is 1.72. The number of nitrogens with one attached hydrogen (secondary N) is 1. The van der Waals surface area contributed by atoms with Crippen LogP contribution in [0.5, 0.6) is 5.75 Å². The molecule has 0 spiro atoms. The molecule has 0 atom stereocenters. The first-order valence-electron chi connectivity index (χ1n) is 7.59. The number of phenols is 1. The summed E-state index contributed by atoms with van der Waals surface area (Å²) in [5.74, 6) is -2.51. The topological polar surface area (TPSA) is 189 Å². The lowest BCUT2D eigenvalue weighted by molar-refractivity contribution is 0.0693. The minimum absolute atomic E-state index is 0.124. The van der Waals surface area contributed by atoms with Gasteiger partial charge in [-0.15, -0.1) is 0 Å². The van der Waals surface area contributed by atoms with Gasteiger partial charge in [-0.25, -0.2) is 9.79 Å². The van der Waals surface area contributed by atoms with Crippen LogP contribution in [0.1, 0.15) is 26.3 Å². The molecule has 0 saturated carbocycles. The van der Waals surface area contributed by atoms with Crippen molar-refractivity contribution in [3.05, 3.63) is 53.1 Å². The van der Waals surface area contributed by atoms with E-state index >= 15 is 0 Å². The number of aryl methyl sites for hydroxylation is 1. The Bertz CT molecular complexity index is 964. The van der Waals surface area contributed by atoms with Gasteiger partial charge in [-0.05, 0) is 48.9 Å². The molecule has 27 heavy (non-hydrogen) atoms. The molecule has 0 aliphatic rings. The first kappa shape index (κ1) is 19.2. The number of benzene rings is 2. The lowest BCUT2D eigenvalue weighted by atomic mass is 10.1. The summed E-state index contributed by atoms with van der Waals surface area (Å²) in [5, 5.41) is 21.1. The Kier molecular flexibility index (Phi) is 5.61. The monoisotopic (exact) mass is 370 g/mol. The second-order valence-electron chi connectivity index (χ2n) is 5.50. The number of anilines is 1. The van der Waals surface area contributed by atoms with Gasteiger partial charge in [-0.2, -0.15) is 4.99 Å². The molecule has 2 aromatic rings. The number of carboxylic acids is 1. The van der Waals surface area contributed by atoms with Crippen LogP contribution in [0.2, 0.25) is 0 Å². The van der Waals surface area contributed by atoms with Gasteiger partial charge in [-0.3, -0.25) is 4.79 Å². The minimum atomic E-state index is -1.31. The number of carbonyl (C=O) groups excluding carboxylic acids is 1. The number of amides is 1. The van der Waals surface area contributed by atoms with Crippen molar-refractivity contribution in [2.24, 2.45) is 27.2 Å². The quantitative estimate of drug-likeness (QED) is 0.261. The van der Waals surface area contributed by atoms with E-state index in [4.69, 9.17) is 22.3 Å². The highest BCUT2D eigenvalue weighted by Gasteiger charge is 2.13. The molecule has 2 rings (SSSR count). The molecule has 0 fully saturated rings. The first-order chi connectivity index (χ1) is 12.7. The fraction of sp³-hybridized carbons (Fsp3) is 0.0588. The van der Waals surface area contributed by atoms with Crippen molar-refractivity contribution in [1.29, 1.82) is 0 Å². The summed E-state index contributed by atoms with van der Waals surface area (Å²) in [7, 11) is 0. The van der Waals surface area contributed by atoms with E-state index in [9.17, 15) is 14.7 Å². The molecule has 2 aromatic carbocycles. The largest absolute Gasteiger partial charge is 0.507 e. The van der Waals surface area contributed by atoms with E-state index in [2.05, 4.69) is 15.3 Å². The van der Waals surface area contributed by atoms with E-state index < -0.39 is 17.6 Å². The van der Waals surface area contributed by atoms with Gasteiger partial charge in [0.25, 0.3) is 5.91 Å². The third kappa shape index (κ3) is 4.95. The number of aromatic hydroxyl groups is 1. The smallest absolute Gasteiger partial charge is 0.339 e. The molecular weight excluding hydrogens is 352 g/mol. The zero-order valence-corrected chi connectivity index (χ0v) is 14.3. The molecule has 0 unspecified atom stereocenters. The number of rotatable bonds is 4. The summed E-state index contributed by atoms with van der Waals surface area (Å²) in [6.07, 6.45) is 0. The van der Waals surface area contributed by atoms with Gasteiger partial charge in [0.2, 0.25) is 5.96 Å². The highest BCUT2D eigenvalue weighted by molar-refractivity contribution is 6.05. The molecule has 140 valence electrons. The molecular formula is C17H18N6O4. The number of carboxylic acid groups (broad SMARTS) is 1. The number of hydrogen-bond donors (Lipinski definition) is 6. The van der Waals surface area contributed by atoms with Crippen molar-refractivity contribution in [3.63, 3.8) is 0 Å². The Morgan fingerprint density at radius 3 is 2.37 bits per heavy atom. The standard InChI is InChI=1S/C17H18N6O4/c1-8-6-9(2-4-12(8)22-17(20)23-16(18)19)14(25)21-10-3-5-13(24)11(7-10)15(26)27/h2-7,24H,1H3,(H,21,25)(H,26,27)(H6,18,19,20,22,23). The van der Waals surface area contributed by atoms with Crippen LogP contribution in [-0.2, 0) is 0 Å². The molecule has 0 radical (unpaired) electrons. The molecule has 10 nitrogen and oxygen atoms in total. The maximum atomic E-state index is 12.4. The molecule has 0 aliphatic carbocycles. The van der Waals surface area contributed by atoms with Crippen molar-refractivity contribution in [2.45, 2.75) is 6.92 Å². The third-order valence-corrected chi connectivity index (χ3v) is 3.42. The Hall–Kier alpha value is -4.08. The third-order valence-electron chi connectivity index (χ3n) is 3.42. The number of aromatic carboxylic acids is 1. The zero-order chi connectivity index (χ0) is 20.1. The van der Waals surface area contributed by atoms with E-state index in [-0.39, 0.29) is 23.2 Å². The van der Waals surface area contributed by atoms with E-state index in [0.29, 0.717) is 16.8 Å². The van der Waals surface area contributed by atoms with Crippen LogP contribution in [0.3, 0.4) is 0 Å². The zero-order valence-electron chi connectivity index (χ0n) is 14.3. The van der Waals surface area contributed by atoms with Gasteiger partial charge in [0.05, 0.1) is 5.69 Å². The molecule has 1 amide bonds. The molecule has 0 aromatic heterocycles. The highest BCUT2D eigenvalue weighted by Crippen LogP contribution is 2.23. The second kappa shape index (κ2) is 7.87. The molecule has 0 saturated heterocycles. The van der Waals surface area contributed by atoms with Gasteiger partial charge >= 0.3 is 5.97 Å². The average Bonchev–Trinajstić information content (AvgIpc) is 2.57. The maximum Gasteiger partial charge on any atom is 0.339 e. The van der Waals surface area contributed by atoms with Crippen LogP contribution in [0.4, 0.5) is 11.4 Å². The van der Waals surface area contributed by atoms with E-state index in [1.807, 2.05) is 0 Å². The molecule has 0 aliphatic heterocycles. The minimum Gasteiger partial charge on any atom is -0.507 e. The Labute approximate surface area is 154 Å². The highest BCUT2D eigenvalue weighted by atomic mass is 16.4. The number of nitrogens with zero attached hydrogens (tertiary/aromatic N) is 2. The number of guanidine groups is 2. The number of aliphatic imine (C=N–C) groups is 2. The van der Waals surface area contributed by atoms with Crippen molar-refractivity contribution in [1.82, 2.24) is 0 Å². The molecule has 0 heterocycles. The van der Waals surface area contributed by atoms with Gasteiger partial charge in [0, 0.05) is 11.3 Å². The van der Waals surface area contributed by atoms with E-state index in [1.165, 1.54) is 18.2 Å². The van der Waals surface area contributed by atoms with Gasteiger partial charge in [0.1, 0.15) is 11.3 Å².